The van der Waals surface area contributed by atoms with Crippen LogP contribution >= 0.6 is 11.9 Å². The van der Waals surface area contributed by atoms with E-state index in [2.05, 4.69) is 6.92 Å². The average molecular weight is 227 g/mol. The van der Waals surface area contributed by atoms with Crippen LogP contribution in [0.3, 0.4) is 0 Å². The molecule has 1 heterocycles. The zero-order valence-electron chi connectivity index (χ0n) is 8.57. The van der Waals surface area contributed by atoms with Gasteiger partial charge in [-0.3, -0.25) is 5.14 Å². The molecule has 2 N–H and O–H groups in total. The standard InChI is InChI=1S/C11H14FNOS/c1-7-5-14-11-3-2-8(12)4-9(11)10(7)6-15-13/h2-4,7,10H,5-6,13H2,1H3. The van der Waals surface area contributed by atoms with Crippen molar-refractivity contribution in [1.29, 1.82) is 0 Å². The first kappa shape index (κ1) is 10.8. The Labute approximate surface area is 93.1 Å². The van der Waals surface area contributed by atoms with E-state index in [1.807, 2.05) is 0 Å². The summed E-state index contributed by atoms with van der Waals surface area (Å²) in [7, 11) is 0. The lowest BCUT2D eigenvalue weighted by atomic mass is 9.87. The molecule has 0 bridgehead atoms. The summed E-state index contributed by atoms with van der Waals surface area (Å²) in [6, 6.07) is 4.69. The largest absolute Gasteiger partial charge is 0.493 e. The van der Waals surface area contributed by atoms with Gasteiger partial charge in [0.15, 0.2) is 0 Å². The first-order valence-electron chi connectivity index (χ1n) is 4.96. The lowest BCUT2D eigenvalue weighted by molar-refractivity contribution is 0.212. The molecule has 0 aliphatic carbocycles. The van der Waals surface area contributed by atoms with Gasteiger partial charge in [0.1, 0.15) is 11.6 Å². The second kappa shape index (κ2) is 4.41. The normalized spacial score (nSPS) is 24.5. The Hall–Kier alpha value is -0.740. The lowest BCUT2D eigenvalue weighted by Gasteiger charge is -2.30. The van der Waals surface area contributed by atoms with Gasteiger partial charge in [0.05, 0.1) is 6.61 Å². The topological polar surface area (TPSA) is 35.2 Å². The van der Waals surface area contributed by atoms with Crippen molar-refractivity contribution in [2.45, 2.75) is 12.8 Å². The second-order valence-corrected chi connectivity index (χ2v) is 4.58. The first-order chi connectivity index (χ1) is 7.22. The molecule has 0 fully saturated rings. The zero-order chi connectivity index (χ0) is 10.8. The minimum atomic E-state index is -0.210. The minimum Gasteiger partial charge on any atom is -0.493 e. The number of benzene rings is 1. The Balaban J connectivity index is 2.36. The quantitative estimate of drug-likeness (QED) is 0.789. The molecule has 0 saturated heterocycles. The van der Waals surface area contributed by atoms with E-state index >= 15 is 0 Å². The van der Waals surface area contributed by atoms with Gasteiger partial charge in [0.25, 0.3) is 0 Å². The summed E-state index contributed by atoms with van der Waals surface area (Å²) in [5.41, 5.74) is 0.951. The van der Waals surface area contributed by atoms with Crippen molar-refractivity contribution >= 4 is 11.9 Å². The van der Waals surface area contributed by atoms with Gasteiger partial charge >= 0.3 is 0 Å². The van der Waals surface area contributed by atoms with Crippen LogP contribution in [0, 0.1) is 11.7 Å². The predicted molar refractivity (Wildman–Crippen MR) is 60.4 cm³/mol. The van der Waals surface area contributed by atoms with Crippen molar-refractivity contribution in [3.63, 3.8) is 0 Å². The molecule has 0 aromatic heterocycles. The van der Waals surface area contributed by atoms with Crippen molar-refractivity contribution < 1.29 is 9.13 Å². The summed E-state index contributed by atoms with van der Waals surface area (Å²) in [4.78, 5) is 0. The van der Waals surface area contributed by atoms with E-state index in [0.717, 1.165) is 17.1 Å². The zero-order valence-corrected chi connectivity index (χ0v) is 9.39. The van der Waals surface area contributed by atoms with Crippen molar-refractivity contribution in [2.75, 3.05) is 12.4 Å². The number of fused-ring (bicyclic) bond motifs is 1. The molecule has 1 aliphatic rings. The van der Waals surface area contributed by atoms with Crippen molar-refractivity contribution in [1.82, 2.24) is 0 Å². The van der Waals surface area contributed by atoms with E-state index in [9.17, 15) is 4.39 Å². The molecular weight excluding hydrogens is 213 g/mol. The Kier molecular flexibility index (Phi) is 3.17. The molecule has 0 spiro atoms. The molecule has 4 heteroatoms. The summed E-state index contributed by atoms with van der Waals surface area (Å²) in [6.07, 6.45) is 0. The number of halogens is 1. The van der Waals surface area contributed by atoms with Gasteiger partial charge < -0.3 is 4.74 Å². The van der Waals surface area contributed by atoms with Crippen LogP contribution < -0.4 is 9.88 Å². The maximum Gasteiger partial charge on any atom is 0.123 e. The van der Waals surface area contributed by atoms with E-state index in [1.165, 1.54) is 18.0 Å². The van der Waals surface area contributed by atoms with Crippen LogP contribution in [0.4, 0.5) is 4.39 Å². The van der Waals surface area contributed by atoms with Crippen molar-refractivity contribution in [2.24, 2.45) is 11.1 Å². The number of hydrogen-bond acceptors (Lipinski definition) is 3. The van der Waals surface area contributed by atoms with E-state index in [4.69, 9.17) is 9.88 Å². The Morgan fingerprint density at radius 2 is 2.40 bits per heavy atom. The van der Waals surface area contributed by atoms with Gasteiger partial charge in [-0.2, -0.15) is 0 Å². The molecule has 15 heavy (non-hydrogen) atoms. The molecule has 1 aliphatic heterocycles. The Morgan fingerprint density at radius 1 is 1.60 bits per heavy atom. The molecule has 0 radical (unpaired) electrons. The third-order valence-electron chi connectivity index (χ3n) is 2.84. The molecule has 2 atom stereocenters. The van der Waals surface area contributed by atoms with E-state index in [1.54, 1.807) is 12.1 Å². The van der Waals surface area contributed by atoms with E-state index in [-0.39, 0.29) is 5.82 Å². The number of nitrogens with two attached hydrogens (primary N) is 1. The summed E-state index contributed by atoms with van der Waals surface area (Å²) < 4.78 is 18.7. The van der Waals surface area contributed by atoms with E-state index in [0.29, 0.717) is 18.4 Å². The Morgan fingerprint density at radius 3 is 3.13 bits per heavy atom. The third kappa shape index (κ3) is 2.11. The highest BCUT2D eigenvalue weighted by Gasteiger charge is 2.27. The molecule has 0 saturated carbocycles. The summed E-state index contributed by atoms with van der Waals surface area (Å²) in [5.74, 6) is 2.07. The average Bonchev–Trinajstić information content (AvgIpc) is 2.23. The van der Waals surface area contributed by atoms with Crippen LogP contribution in [0.2, 0.25) is 0 Å². The summed E-state index contributed by atoms with van der Waals surface area (Å²) in [5, 5.41) is 5.50. The molecule has 2 unspecified atom stereocenters. The number of rotatable bonds is 2. The van der Waals surface area contributed by atoms with Crippen LogP contribution in [0.15, 0.2) is 18.2 Å². The van der Waals surface area contributed by atoms with Gasteiger partial charge in [-0.25, -0.2) is 4.39 Å². The van der Waals surface area contributed by atoms with Crippen molar-refractivity contribution in [3.8, 4) is 5.75 Å². The molecular formula is C11H14FNOS. The number of hydrogen-bond donors (Lipinski definition) is 1. The summed E-state index contributed by atoms with van der Waals surface area (Å²) in [6.45, 7) is 2.79. The van der Waals surface area contributed by atoms with Gasteiger partial charge in [-0.05, 0) is 24.1 Å². The van der Waals surface area contributed by atoms with Crippen LogP contribution in [0.1, 0.15) is 18.4 Å². The highest BCUT2D eigenvalue weighted by Crippen LogP contribution is 2.38. The van der Waals surface area contributed by atoms with E-state index < -0.39 is 0 Å². The fourth-order valence-electron chi connectivity index (χ4n) is 1.94. The smallest absolute Gasteiger partial charge is 0.123 e. The van der Waals surface area contributed by atoms with Gasteiger partial charge in [0.2, 0.25) is 0 Å². The SMILES string of the molecule is CC1COc2ccc(F)cc2C1CSN. The molecule has 0 amide bonds. The number of ether oxygens (including phenoxy) is 1. The van der Waals surface area contributed by atoms with Crippen LogP contribution in [0.5, 0.6) is 5.75 Å². The second-order valence-electron chi connectivity index (χ2n) is 3.91. The minimum absolute atomic E-state index is 0.210. The lowest BCUT2D eigenvalue weighted by Crippen LogP contribution is -2.25. The monoisotopic (exact) mass is 227 g/mol. The Bertz CT molecular complexity index is 358. The van der Waals surface area contributed by atoms with Crippen molar-refractivity contribution in [3.05, 3.63) is 29.6 Å². The predicted octanol–water partition coefficient (Wildman–Crippen LogP) is 2.54. The van der Waals surface area contributed by atoms with Gasteiger partial charge in [0, 0.05) is 17.2 Å². The van der Waals surface area contributed by atoms with Crippen LogP contribution in [-0.2, 0) is 0 Å². The van der Waals surface area contributed by atoms with Gasteiger partial charge in [-0.15, -0.1) is 0 Å². The highest BCUT2D eigenvalue weighted by molar-refractivity contribution is 7.97. The summed E-state index contributed by atoms with van der Waals surface area (Å²) >= 11 is 1.30. The molecule has 2 nitrogen and oxygen atoms in total. The molecule has 1 aromatic rings. The van der Waals surface area contributed by atoms with Crippen LogP contribution in [0.25, 0.3) is 0 Å². The fraction of sp³-hybridized carbons (Fsp3) is 0.455. The van der Waals surface area contributed by atoms with Crippen LogP contribution in [-0.4, -0.2) is 12.4 Å². The maximum absolute atomic E-state index is 13.1. The molecule has 2 rings (SSSR count). The third-order valence-corrected chi connectivity index (χ3v) is 3.39. The molecule has 1 aromatic carbocycles. The van der Waals surface area contributed by atoms with Gasteiger partial charge in [-0.1, -0.05) is 18.9 Å². The fourth-order valence-corrected chi connectivity index (χ4v) is 2.66. The highest BCUT2D eigenvalue weighted by atomic mass is 32.2. The first-order valence-corrected chi connectivity index (χ1v) is 6.01. The maximum atomic E-state index is 13.1. The molecule has 82 valence electrons.